The predicted octanol–water partition coefficient (Wildman–Crippen LogP) is 4.45. The van der Waals surface area contributed by atoms with E-state index in [-0.39, 0.29) is 16.6 Å². The number of aryl methyl sites for hydroxylation is 3. The molecule has 0 aliphatic carbocycles. The molecule has 0 fully saturated rings. The molecular weight excluding hydrogens is 439 g/mol. The molecule has 2 aromatic carbocycles. The molecule has 0 saturated carbocycles. The lowest BCUT2D eigenvalue weighted by atomic mass is 10.0. The van der Waals surface area contributed by atoms with Gasteiger partial charge in [-0.05, 0) is 31.0 Å². The maximum atomic E-state index is 14.2. The molecule has 4 rings (SSSR count). The highest BCUT2D eigenvalue weighted by Crippen LogP contribution is 2.38. The van der Waals surface area contributed by atoms with Crippen molar-refractivity contribution in [3.05, 3.63) is 80.0 Å². The highest BCUT2D eigenvalue weighted by atomic mass is 32.2. The highest BCUT2D eigenvalue weighted by Gasteiger charge is 2.37. The topological polar surface area (TPSA) is 56.9 Å². The van der Waals surface area contributed by atoms with Crippen LogP contribution < -0.4 is 11.2 Å². The lowest BCUT2D eigenvalue weighted by molar-refractivity contribution is -0.135. The van der Waals surface area contributed by atoms with Gasteiger partial charge >= 0.3 is 11.9 Å². The second-order valence-electron chi connectivity index (χ2n) is 7.61. The van der Waals surface area contributed by atoms with Crippen molar-refractivity contribution in [3.63, 3.8) is 0 Å². The van der Waals surface area contributed by atoms with Crippen molar-refractivity contribution in [3.8, 4) is 0 Å². The Balaban J connectivity index is 1.90. The van der Waals surface area contributed by atoms with E-state index in [2.05, 4.69) is 4.98 Å². The summed E-state index contributed by atoms with van der Waals surface area (Å²) in [5.41, 5.74) is -1.13. The summed E-state index contributed by atoms with van der Waals surface area (Å²) >= 11 is 1.60. The number of rotatable bonds is 4. The number of halogens is 3. The van der Waals surface area contributed by atoms with E-state index < -0.39 is 28.4 Å². The van der Waals surface area contributed by atoms with E-state index in [9.17, 15) is 22.8 Å². The van der Waals surface area contributed by atoms with Crippen LogP contribution in [-0.2, 0) is 26.7 Å². The standard InChI is InChI=1S/C23H20F3N3O2S/c1-13-7-9-15(10-8-13)32-12-11-14-5-4-6-16-18(23(24,25)26)17-20(27-19(14)16)28(2)22(31)29(3)21(17)30/h4-10H,11-12H2,1-3H3. The van der Waals surface area contributed by atoms with Gasteiger partial charge in [0.1, 0.15) is 0 Å². The third-order valence-corrected chi connectivity index (χ3v) is 6.45. The fourth-order valence-electron chi connectivity index (χ4n) is 3.76. The molecule has 0 unspecified atom stereocenters. The average molecular weight is 459 g/mol. The number of pyridine rings is 1. The molecule has 9 heteroatoms. The Morgan fingerprint density at radius 1 is 1.00 bits per heavy atom. The van der Waals surface area contributed by atoms with Gasteiger partial charge in [-0.2, -0.15) is 13.2 Å². The molecule has 0 spiro atoms. The lowest BCUT2D eigenvalue weighted by Gasteiger charge is -2.17. The maximum absolute atomic E-state index is 14.2. The van der Waals surface area contributed by atoms with Gasteiger partial charge in [-0.25, -0.2) is 9.78 Å². The summed E-state index contributed by atoms with van der Waals surface area (Å²) in [6.45, 7) is 2.00. The van der Waals surface area contributed by atoms with E-state index in [4.69, 9.17) is 0 Å². The Kier molecular flexibility index (Phi) is 5.62. The summed E-state index contributed by atoms with van der Waals surface area (Å²) in [6.07, 6.45) is -4.32. The van der Waals surface area contributed by atoms with Gasteiger partial charge in [0.05, 0.1) is 16.5 Å². The Labute approximate surface area is 185 Å². The van der Waals surface area contributed by atoms with E-state index in [0.717, 1.165) is 22.1 Å². The highest BCUT2D eigenvalue weighted by molar-refractivity contribution is 7.99. The summed E-state index contributed by atoms with van der Waals surface area (Å²) < 4.78 is 44.1. The minimum atomic E-state index is -4.79. The van der Waals surface area contributed by atoms with Crippen LogP contribution in [0.4, 0.5) is 13.2 Å². The number of fused-ring (bicyclic) bond motifs is 2. The first kappa shape index (κ1) is 22.1. The van der Waals surface area contributed by atoms with Gasteiger partial charge in [0.15, 0.2) is 5.65 Å². The number of benzene rings is 2. The van der Waals surface area contributed by atoms with Crippen LogP contribution in [0.5, 0.6) is 0 Å². The molecule has 0 N–H and O–H groups in total. The van der Waals surface area contributed by atoms with E-state index in [1.165, 1.54) is 13.1 Å². The van der Waals surface area contributed by atoms with Crippen LogP contribution in [0.2, 0.25) is 0 Å². The smallest absolute Gasteiger partial charge is 0.280 e. The van der Waals surface area contributed by atoms with Gasteiger partial charge in [0, 0.05) is 30.1 Å². The first-order valence-corrected chi connectivity index (χ1v) is 10.9. The second-order valence-corrected chi connectivity index (χ2v) is 8.78. The van der Waals surface area contributed by atoms with Crippen LogP contribution in [0.3, 0.4) is 0 Å². The van der Waals surface area contributed by atoms with Crippen LogP contribution in [0.1, 0.15) is 16.7 Å². The summed E-state index contributed by atoms with van der Waals surface area (Å²) in [5, 5.41) is -0.737. The largest absolute Gasteiger partial charge is 0.417 e. The van der Waals surface area contributed by atoms with Crippen molar-refractivity contribution in [1.82, 2.24) is 14.1 Å². The molecule has 0 bridgehead atoms. The molecule has 0 saturated heterocycles. The Morgan fingerprint density at radius 3 is 2.34 bits per heavy atom. The number of nitrogens with zero attached hydrogens (tertiary/aromatic N) is 3. The average Bonchev–Trinajstić information content (AvgIpc) is 2.75. The molecule has 2 aromatic heterocycles. The van der Waals surface area contributed by atoms with Gasteiger partial charge in [-0.1, -0.05) is 35.9 Å². The molecular formula is C23H20F3N3O2S. The molecule has 166 valence electrons. The third-order valence-electron chi connectivity index (χ3n) is 5.43. The summed E-state index contributed by atoms with van der Waals surface area (Å²) in [6, 6.07) is 12.6. The van der Waals surface area contributed by atoms with E-state index in [0.29, 0.717) is 22.3 Å². The van der Waals surface area contributed by atoms with Crippen LogP contribution in [0.25, 0.3) is 21.9 Å². The van der Waals surface area contributed by atoms with E-state index in [1.807, 2.05) is 31.2 Å². The van der Waals surface area contributed by atoms with Gasteiger partial charge in [-0.15, -0.1) is 11.8 Å². The normalized spacial score (nSPS) is 12.1. The molecule has 0 aliphatic heterocycles. The Hall–Kier alpha value is -3.07. The van der Waals surface area contributed by atoms with Crippen molar-refractivity contribution >= 4 is 33.7 Å². The van der Waals surface area contributed by atoms with Crippen LogP contribution in [0.15, 0.2) is 56.9 Å². The molecule has 4 aromatic rings. The first-order valence-electron chi connectivity index (χ1n) is 9.87. The minimum absolute atomic E-state index is 0.140. The van der Waals surface area contributed by atoms with E-state index >= 15 is 0 Å². The van der Waals surface area contributed by atoms with Crippen LogP contribution >= 0.6 is 11.8 Å². The van der Waals surface area contributed by atoms with Crippen molar-refractivity contribution in [2.45, 2.75) is 24.4 Å². The molecule has 0 radical (unpaired) electrons. The molecule has 0 atom stereocenters. The van der Waals surface area contributed by atoms with Gasteiger partial charge in [0.25, 0.3) is 5.56 Å². The fraction of sp³-hybridized carbons (Fsp3) is 0.261. The number of aromatic nitrogens is 3. The molecule has 5 nitrogen and oxygen atoms in total. The molecule has 2 heterocycles. The van der Waals surface area contributed by atoms with E-state index in [1.54, 1.807) is 23.9 Å². The number of alkyl halides is 3. The van der Waals surface area contributed by atoms with Gasteiger partial charge in [0.2, 0.25) is 0 Å². The molecule has 32 heavy (non-hydrogen) atoms. The molecule has 0 amide bonds. The zero-order valence-electron chi connectivity index (χ0n) is 17.7. The van der Waals surface area contributed by atoms with Crippen molar-refractivity contribution in [2.75, 3.05) is 5.75 Å². The number of thioether (sulfide) groups is 1. The predicted molar refractivity (Wildman–Crippen MR) is 120 cm³/mol. The summed E-state index contributed by atoms with van der Waals surface area (Å²) in [7, 11) is 2.48. The van der Waals surface area contributed by atoms with Gasteiger partial charge < -0.3 is 0 Å². The van der Waals surface area contributed by atoms with Crippen molar-refractivity contribution in [2.24, 2.45) is 14.1 Å². The quantitative estimate of drug-likeness (QED) is 0.334. The van der Waals surface area contributed by atoms with Crippen molar-refractivity contribution < 1.29 is 13.2 Å². The zero-order valence-corrected chi connectivity index (χ0v) is 18.5. The van der Waals surface area contributed by atoms with Crippen molar-refractivity contribution in [1.29, 1.82) is 0 Å². The first-order chi connectivity index (χ1) is 15.1. The number of para-hydroxylation sites is 1. The number of hydrogen-bond acceptors (Lipinski definition) is 4. The number of hydrogen-bond donors (Lipinski definition) is 0. The third kappa shape index (κ3) is 3.81. The Bertz CT molecular complexity index is 1460. The fourth-order valence-corrected chi connectivity index (χ4v) is 4.64. The summed E-state index contributed by atoms with van der Waals surface area (Å²) in [5.74, 6) is 0.638. The lowest BCUT2D eigenvalue weighted by Crippen LogP contribution is -2.38. The SMILES string of the molecule is Cc1ccc(SCCc2cccc3c(C(F)(F)F)c4c(=O)n(C)c(=O)n(C)c4nc23)cc1. The monoisotopic (exact) mass is 459 g/mol. The van der Waals surface area contributed by atoms with Crippen LogP contribution in [0, 0.1) is 6.92 Å². The van der Waals surface area contributed by atoms with Crippen LogP contribution in [-0.4, -0.2) is 19.9 Å². The second kappa shape index (κ2) is 8.12. The minimum Gasteiger partial charge on any atom is -0.280 e. The van der Waals surface area contributed by atoms with Gasteiger partial charge in [-0.3, -0.25) is 13.9 Å². The zero-order chi connectivity index (χ0) is 23.2. The summed E-state index contributed by atoms with van der Waals surface area (Å²) in [4.78, 5) is 30.5. The molecule has 0 aliphatic rings. The maximum Gasteiger partial charge on any atom is 0.417 e. The Morgan fingerprint density at radius 2 is 1.69 bits per heavy atom.